The van der Waals surface area contributed by atoms with Crippen molar-refractivity contribution >= 4 is 0 Å². The quantitative estimate of drug-likeness (QED) is 0.858. The Kier molecular flexibility index (Phi) is 3.88. The number of aromatic nitrogens is 2. The maximum absolute atomic E-state index is 13.4. The third kappa shape index (κ3) is 3.39. The maximum Gasteiger partial charge on any atom is 0.127 e. The minimum atomic E-state index is -0.161. The summed E-state index contributed by atoms with van der Waals surface area (Å²) in [7, 11) is 0. The Morgan fingerprint density at radius 3 is 2.88 bits per heavy atom. The van der Waals surface area contributed by atoms with Crippen LogP contribution in [0.3, 0.4) is 0 Å². The Morgan fingerprint density at radius 2 is 2.18 bits per heavy atom. The van der Waals surface area contributed by atoms with Gasteiger partial charge in [0.15, 0.2) is 0 Å². The van der Waals surface area contributed by atoms with Crippen molar-refractivity contribution in [1.29, 1.82) is 0 Å². The highest BCUT2D eigenvalue weighted by Gasteiger charge is 2.05. The van der Waals surface area contributed by atoms with Gasteiger partial charge in [-0.2, -0.15) is 5.10 Å². The van der Waals surface area contributed by atoms with E-state index in [1.165, 1.54) is 6.07 Å². The fourth-order valence-electron chi connectivity index (χ4n) is 1.68. The Balaban J connectivity index is 1.84. The highest BCUT2D eigenvalue weighted by Crippen LogP contribution is 2.06. The van der Waals surface area contributed by atoms with Gasteiger partial charge >= 0.3 is 0 Å². The van der Waals surface area contributed by atoms with Crippen molar-refractivity contribution in [2.75, 3.05) is 0 Å². The highest BCUT2D eigenvalue weighted by atomic mass is 19.1. The predicted molar refractivity (Wildman–Crippen MR) is 64.9 cm³/mol. The van der Waals surface area contributed by atoms with E-state index in [9.17, 15) is 4.39 Å². The van der Waals surface area contributed by atoms with Crippen molar-refractivity contribution in [1.82, 2.24) is 15.1 Å². The Hall–Kier alpha value is -1.68. The molecule has 17 heavy (non-hydrogen) atoms. The first-order valence-corrected chi connectivity index (χ1v) is 5.70. The van der Waals surface area contributed by atoms with Crippen molar-refractivity contribution < 1.29 is 4.39 Å². The van der Waals surface area contributed by atoms with Crippen LogP contribution in [-0.2, 0) is 13.1 Å². The van der Waals surface area contributed by atoms with Crippen LogP contribution < -0.4 is 5.32 Å². The van der Waals surface area contributed by atoms with Gasteiger partial charge in [-0.1, -0.05) is 18.2 Å². The number of rotatable bonds is 5. The smallest absolute Gasteiger partial charge is 0.127 e. The summed E-state index contributed by atoms with van der Waals surface area (Å²) in [6, 6.07) is 8.96. The van der Waals surface area contributed by atoms with Crippen LogP contribution in [0.15, 0.2) is 42.7 Å². The summed E-state index contributed by atoms with van der Waals surface area (Å²) in [6.07, 6.45) is 3.67. The summed E-state index contributed by atoms with van der Waals surface area (Å²) in [6.45, 7) is 3.37. The van der Waals surface area contributed by atoms with E-state index < -0.39 is 0 Å². The average molecular weight is 233 g/mol. The average Bonchev–Trinajstić information content (AvgIpc) is 2.81. The van der Waals surface area contributed by atoms with Crippen LogP contribution in [0.4, 0.5) is 4.39 Å². The van der Waals surface area contributed by atoms with Crippen LogP contribution >= 0.6 is 0 Å². The van der Waals surface area contributed by atoms with E-state index >= 15 is 0 Å². The van der Waals surface area contributed by atoms with Crippen molar-refractivity contribution in [3.05, 3.63) is 54.1 Å². The molecule has 0 saturated carbocycles. The monoisotopic (exact) mass is 233 g/mol. The van der Waals surface area contributed by atoms with Crippen LogP contribution in [-0.4, -0.2) is 15.8 Å². The number of benzene rings is 1. The molecule has 0 spiro atoms. The first kappa shape index (κ1) is 11.8. The van der Waals surface area contributed by atoms with Gasteiger partial charge in [-0.25, -0.2) is 4.39 Å². The molecular formula is C13H16FN3. The fraction of sp³-hybridized carbons (Fsp3) is 0.308. The van der Waals surface area contributed by atoms with Crippen LogP contribution in [0, 0.1) is 5.82 Å². The van der Waals surface area contributed by atoms with E-state index in [2.05, 4.69) is 17.3 Å². The van der Waals surface area contributed by atoms with Crippen LogP contribution in [0.1, 0.15) is 12.5 Å². The van der Waals surface area contributed by atoms with E-state index in [0.717, 1.165) is 6.54 Å². The van der Waals surface area contributed by atoms with Crippen molar-refractivity contribution in [3.63, 3.8) is 0 Å². The van der Waals surface area contributed by atoms with Gasteiger partial charge < -0.3 is 5.32 Å². The highest BCUT2D eigenvalue weighted by molar-refractivity contribution is 5.16. The minimum Gasteiger partial charge on any atom is -0.308 e. The Bertz CT molecular complexity index is 453. The summed E-state index contributed by atoms with van der Waals surface area (Å²) in [5, 5.41) is 7.41. The minimum absolute atomic E-state index is 0.161. The van der Waals surface area contributed by atoms with E-state index in [0.29, 0.717) is 12.1 Å². The van der Waals surface area contributed by atoms with Crippen LogP contribution in [0.2, 0.25) is 0 Å². The topological polar surface area (TPSA) is 29.9 Å². The van der Waals surface area contributed by atoms with Crippen molar-refractivity contribution in [2.24, 2.45) is 0 Å². The van der Waals surface area contributed by atoms with E-state index in [1.807, 2.05) is 23.0 Å². The molecule has 1 aromatic heterocycles. The zero-order valence-electron chi connectivity index (χ0n) is 9.81. The summed E-state index contributed by atoms with van der Waals surface area (Å²) >= 11 is 0. The summed E-state index contributed by atoms with van der Waals surface area (Å²) < 4.78 is 15.2. The molecule has 0 aliphatic heterocycles. The summed E-state index contributed by atoms with van der Waals surface area (Å²) in [5.74, 6) is -0.161. The molecule has 0 bridgehead atoms. The van der Waals surface area contributed by atoms with Crippen LogP contribution in [0.25, 0.3) is 0 Å². The molecule has 0 aliphatic rings. The standard InChI is InChI=1S/C13H16FN3/c1-11(10-17-8-4-7-16-17)15-9-12-5-2-3-6-13(12)14/h2-8,11,15H,9-10H2,1H3. The van der Waals surface area contributed by atoms with Gasteiger partial charge in [-0.3, -0.25) is 4.68 Å². The first-order valence-electron chi connectivity index (χ1n) is 5.70. The third-order valence-corrected chi connectivity index (χ3v) is 2.62. The molecule has 90 valence electrons. The molecule has 2 aromatic rings. The molecule has 0 amide bonds. The van der Waals surface area contributed by atoms with E-state index in [-0.39, 0.29) is 11.9 Å². The predicted octanol–water partition coefficient (Wildman–Crippen LogP) is 2.20. The largest absolute Gasteiger partial charge is 0.308 e. The lowest BCUT2D eigenvalue weighted by Crippen LogP contribution is -2.30. The van der Waals surface area contributed by atoms with Gasteiger partial charge in [-0.05, 0) is 19.1 Å². The summed E-state index contributed by atoms with van der Waals surface area (Å²) in [5.41, 5.74) is 0.694. The van der Waals surface area contributed by atoms with Gasteiger partial charge in [0.25, 0.3) is 0 Å². The summed E-state index contributed by atoms with van der Waals surface area (Å²) in [4.78, 5) is 0. The van der Waals surface area contributed by atoms with E-state index in [1.54, 1.807) is 18.3 Å². The number of hydrogen-bond acceptors (Lipinski definition) is 2. The molecule has 2 rings (SSSR count). The van der Waals surface area contributed by atoms with Gasteiger partial charge in [0.1, 0.15) is 5.82 Å². The van der Waals surface area contributed by atoms with Crippen molar-refractivity contribution in [3.8, 4) is 0 Å². The number of hydrogen-bond donors (Lipinski definition) is 1. The van der Waals surface area contributed by atoms with Gasteiger partial charge in [0.2, 0.25) is 0 Å². The third-order valence-electron chi connectivity index (χ3n) is 2.62. The van der Waals surface area contributed by atoms with E-state index in [4.69, 9.17) is 0 Å². The second-order valence-corrected chi connectivity index (χ2v) is 4.10. The molecule has 0 saturated heterocycles. The normalized spacial score (nSPS) is 12.6. The Labute approximate surface area is 100 Å². The first-order chi connectivity index (χ1) is 8.25. The molecule has 0 fully saturated rings. The molecule has 1 aromatic carbocycles. The Morgan fingerprint density at radius 1 is 1.35 bits per heavy atom. The molecular weight excluding hydrogens is 217 g/mol. The molecule has 3 nitrogen and oxygen atoms in total. The van der Waals surface area contributed by atoms with Crippen LogP contribution in [0.5, 0.6) is 0 Å². The van der Waals surface area contributed by atoms with Gasteiger partial charge in [0, 0.05) is 30.5 Å². The zero-order chi connectivity index (χ0) is 12.1. The fourth-order valence-corrected chi connectivity index (χ4v) is 1.68. The number of nitrogens with one attached hydrogen (secondary N) is 1. The van der Waals surface area contributed by atoms with Crippen molar-refractivity contribution in [2.45, 2.75) is 26.1 Å². The maximum atomic E-state index is 13.4. The molecule has 1 N–H and O–H groups in total. The second kappa shape index (κ2) is 5.59. The molecule has 1 heterocycles. The lowest BCUT2D eigenvalue weighted by Gasteiger charge is -2.14. The lowest BCUT2D eigenvalue weighted by molar-refractivity contribution is 0.445. The van der Waals surface area contributed by atoms with Gasteiger partial charge in [0.05, 0.1) is 6.54 Å². The number of nitrogens with zero attached hydrogens (tertiary/aromatic N) is 2. The van der Waals surface area contributed by atoms with Gasteiger partial charge in [-0.15, -0.1) is 0 Å². The molecule has 1 atom stereocenters. The molecule has 4 heteroatoms. The zero-order valence-corrected chi connectivity index (χ0v) is 9.81. The second-order valence-electron chi connectivity index (χ2n) is 4.10. The molecule has 0 radical (unpaired) electrons. The lowest BCUT2D eigenvalue weighted by atomic mass is 10.2. The SMILES string of the molecule is CC(Cn1cccn1)NCc1ccccc1F. The molecule has 1 unspecified atom stereocenters. The molecule has 0 aliphatic carbocycles. The number of halogens is 1.